The van der Waals surface area contributed by atoms with Gasteiger partial charge in [-0.25, -0.2) is 0 Å². The second-order valence-corrected chi connectivity index (χ2v) is 4.39. The highest BCUT2D eigenvalue weighted by atomic mass is 16.3. The summed E-state index contributed by atoms with van der Waals surface area (Å²) < 4.78 is 0. The molecule has 0 amide bonds. The van der Waals surface area contributed by atoms with Gasteiger partial charge in [-0.15, -0.1) is 0 Å². The van der Waals surface area contributed by atoms with Crippen LogP contribution in [-0.4, -0.2) is 5.11 Å². The first-order valence-corrected chi connectivity index (χ1v) is 5.31. The Balaban J connectivity index is 2.72. The molecule has 1 nitrogen and oxygen atoms in total. The van der Waals surface area contributed by atoms with Crippen molar-refractivity contribution in [3.8, 4) is 5.75 Å². The summed E-state index contributed by atoms with van der Waals surface area (Å²) in [4.78, 5) is 0. The van der Waals surface area contributed by atoms with Crippen LogP contribution in [0, 0.1) is 6.92 Å². The minimum atomic E-state index is 0.334. The average molecular weight is 200 g/mol. The maximum atomic E-state index is 9.43. The van der Waals surface area contributed by atoms with Gasteiger partial charge < -0.3 is 5.11 Å². The third-order valence-corrected chi connectivity index (χ3v) is 2.83. The van der Waals surface area contributed by atoms with Crippen LogP contribution in [-0.2, 0) is 0 Å². The highest BCUT2D eigenvalue weighted by molar-refractivity contribution is 5.85. The van der Waals surface area contributed by atoms with Gasteiger partial charge in [0.1, 0.15) is 5.75 Å². The molecule has 0 saturated carbocycles. The fourth-order valence-corrected chi connectivity index (χ4v) is 2.04. The highest BCUT2D eigenvalue weighted by Gasteiger charge is 2.05. The summed E-state index contributed by atoms with van der Waals surface area (Å²) in [6.45, 7) is 6.52. The molecular formula is C14H16O. The number of aryl methyl sites for hydroxylation is 1. The topological polar surface area (TPSA) is 20.2 Å². The summed E-state index contributed by atoms with van der Waals surface area (Å²) >= 11 is 0. The van der Waals surface area contributed by atoms with Crippen LogP contribution in [0.5, 0.6) is 5.75 Å². The van der Waals surface area contributed by atoms with Crippen LogP contribution in [0.25, 0.3) is 10.8 Å². The molecule has 0 fully saturated rings. The van der Waals surface area contributed by atoms with Crippen molar-refractivity contribution in [3.63, 3.8) is 0 Å². The maximum absolute atomic E-state index is 9.43. The van der Waals surface area contributed by atoms with Gasteiger partial charge in [-0.2, -0.15) is 0 Å². The standard InChI is InChI=1S/C14H16O/c1-9(2)14-8-12-7-13(15)5-4-11(12)6-10(14)3/h4-9,15H,1-3H3. The predicted octanol–water partition coefficient (Wildman–Crippen LogP) is 3.98. The quantitative estimate of drug-likeness (QED) is 0.738. The number of hydrogen-bond donors (Lipinski definition) is 1. The monoisotopic (exact) mass is 200 g/mol. The Bertz CT molecular complexity index is 498. The lowest BCUT2D eigenvalue weighted by Gasteiger charge is -2.11. The summed E-state index contributed by atoms with van der Waals surface area (Å²) in [5, 5.41) is 11.7. The van der Waals surface area contributed by atoms with Gasteiger partial charge in [-0.1, -0.05) is 32.0 Å². The molecule has 0 atom stereocenters. The first-order valence-electron chi connectivity index (χ1n) is 5.31. The molecule has 0 aliphatic heterocycles. The van der Waals surface area contributed by atoms with E-state index < -0.39 is 0 Å². The molecule has 78 valence electrons. The molecule has 0 saturated heterocycles. The van der Waals surface area contributed by atoms with Crippen molar-refractivity contribution in [3.05, 3.63) is 41.5 Å². The van der Waals surface area contributed by atoms with E-state index in [0.29, 0.717) is 11.7 Å². The number of hydrogen-bond acceptors (Lipinski definition) is 1. The Labute approximate surface area is 90.4 Å². The molecule has 1 N–H and O–H groups in total. The van der Waals surface area contributed by atoms with Crippen molar-refractivity contribution in [2.75, 3.05) is 0 Å². The lowest BCUT2D eigenvalue weighted by molar-refractivity contribution is 0.476. The van der Waals surface area contributed by atoms with Gasteiger partial charge in [0, 0.05) is 0 Å². The van der Waals surface area contributed by atoms with Crippen molar-refractivity contribution in [2.24, 2.45) is 0 Å². The highest BCUT2D eigenvalue weighted by Crippen LogP contribution is 2.27. The van der Waals surface area contributed by atoms with Gasteiger partial charge in [0.2, 0.25) is 0 Å². The van der Waals surface area contributed by atoms with Gasteiger partial charge in [0.25, 0.3) is 0 Å². The molecule has 2 aromatic rings. The second-order valence-electron chi connectivity index (χ2n) is 4.39. The van der Waals surface area contributed by atoms with Gasteiger partial charge in [0.05, 0.1) is 0 Å². The number of phenols is 1. The average Bonchev–Trinajstić information content (AvgIpc) is 2.17. The van der Waals surface area contributed by atoms with Crippen LogP contribution >= 0.6 is 0 Å². The summed E-state index contributed by atoms with van der Waals surface area (Å²) in [5.74, 6) is 0.859. The summed E-state index contributed by atoms with van der Waals surface area (Å²) in [5.41, 5.74) is 2.68. The molecule has 1 heteroatoms. The summed E-state index contributed by atoms with van der Waals surface area (Å²) in [6.07, 6.45) is 0. The van der Waals surface area contributed by atoms with Gasteiger partial charge in [0.15, 0.2) is 0 Å². The van der Waals surface area contributed by atoms with E-state index in [4.69, 9.17) is 0 Å². The number of rotatable bonds is 1. The largest absolute Gasteiger partial charge is 0.508 e. The van der Waals surface area contributed by atoms with E-state index in [2.05, 4.69) is 32.9 Å². The predicted molar refractivity (Wildman–Crippen MR) is 64.4 cm³/mol. The van der Waals surface area contributed by atoms with Crippen LogP contribution in [0.15, 0.2) is 30.3 Å². The molecule has 0 radical (unpaired) electrons. The second kappa shape index (κ2) is 3.58. The van der Waals surface area contributed by atoms with E-state index in [-0.39, 0.29) is 0 Å². The molecule has 0 aromatic heterocycles. The van der Waals surface area contributed by atoms with Crippen LogP contribution < -0.4 is 0 Å². The SMILES string of the molecule is Cc1cc2ccc(O)cc2cc1C(C)C. The van der Waals surface area contributed by atoms with E-state index in [1.54, 1.807) is 6.07 Å². The van der Waals surface area contributed by atoms with Crippen molar-refractivity contribution in [1.82, 2.24) is 0 Å². The van der Waals surface area contributed by atoms with E-state index in [0.717, 1.165) is 5.39 Å². The Kier molecular flexibility index (Phi) is 2.39. The molecule has 2 aromatic carbocycles. The smallest absolute Gasteiger partial charge is 0.116 e. The minimum absolute atomic E-state index is 0.334. The Morgan fingerprint density at radius 1 is 1.00 bits per heavy atom. The molecule has 15 heavy (non-hydrogen) atoms. The lowest BCUT2D eigenvalue weighted by Crippen LogP contribution is -1.91. The molecule has 0 spiro atoms. The molecular weight excluding hydrogens is 184 g/mol. The van der Waals surface area contributed by atoms with Crippen molar-refractivity contribution >= 4 is 10.8 Å². The first-order chi connectivity index (χ1) is 7.08. The Morgan fingerprint density at radius 2 is 1.73 bits per heavy atom. The fraction of sp³-hybridized carbons (Fsp3) is 0.286. The number of aromatic hydroxyl groups is 1. The zero-order chi connectivity index (χ0) is 11.0. The number of benzene rings is 2. The normalized spacial score (nSPS) is 11.2. The lowest BCUT2D eigenvalue weighted by atomic mass is 9.94. The molecule has 0 aliphatic rings. The fourth-order valence-electron chi connectivity index (χ4n) is 2.04. The maximum Gasteiger partial charge on any atom is 0.116 e. The first kappa shape index (κ1) is 10.0. The van der Waals surface area contributed by atoms with Gasteiger partial charge >= 0.3 is 0 Å². The minimum Gasteiger partial charge on any atom is -0.508 e. The summed E-state index contributed by atoms with van der Waals surface area (Å²) in [6, 6.07) is 9.87. The molecule has 0 unspecified atom stereocenters. The molecule has 0 bridgehead atoms. The van der Waals surface area contributed by atoms with E-state index in [9.17, 15) is 5.11 Å². The number of phenolic OH excluding ortho intramolecular Hbond substituents is 1. The van der Waals surface area contributed by atoms with Crippen LogP contribution in [0.4, 0.5) is 0 Å². The van der Waals surface area contributed by atoms with Crippen molar-refractivity contribution < 1.29 is 5.11 Å². The van der Waals surface area contributed by atoms with Crippen molar-refractivity contribution in [2.45, 2.75) is 26.7 Å². The number of fused-ring (bicyclic) bond motifs is 1. The zero-order valence-electron chi connectivity index (χ0n) is 9.41. The molecule has 0 aliphatic carbocycles. The van der Waals surface area contributed by atoms with Gasteiger partial charge in [-0.3, -0.25) is 0 Å². The van der Waals surface area contributed by atoms with Crippen LogP contribution in [0.2, 0.25) is 0 Å². The zero-order valence-corrected chi connectivity index (χ0v) is 9.41. The van der Waals surface area contributed by atoms with E-state index in [1.807, 2.05) is 12.1 Å². The van der Waals surface area contributed by atoms with Crippen LogP contribution in [0.1, 0.15) is 30.9 Å². The van der Waals surface area contributed by atoms with Crippen LogP contribution in [0.3, 0.4) is 0 Å². The summed E-state index contributed by atoms with van der Waals surface area (Å²) in [7, 11) is 0. The van der Waals surface area contributed by atoms with Crippen molar-refractivity contribution in [1.29, 1.82) is 0 Å². The Morgan fingerprint density at radius 3 is 2.40 bits per heavy atom. The third kappa shape index (κ3) is 1.82. The third-order valence-electron chi connectivity index (χ3n) is 2.83. The molecule has 2 rings (SSSR count). The van der Waals surface area contributed by atoms with Gasteiger partial charge in [-0.05, 0) is 46.9 Å². The molecule has 0 heterocycles. The van der Waals surface area contributed by atoms with E-state index >= 15 is 0 Å². The Hall–Kier alpha value is -1.50. The van der Waals surface area contributed by atoms with E-state index in [1.165, 1.54) is 16.5 Å².